The molecule has 0 fully saturated rings. The minimum absolute atomic E-state index is 0.0352. The van der Waals surface area contributed by atoms with E-state index in [4.69, 9.17) is 9.47 Å². The number of carbonyl (C=O) groups excluding carboxylic acids is 3. The molecule has 1 amide bonds. The van der Waals surface area contributed by atoms with Crippen molar-refractivity contribution in [3.63, 3.8) is 0 Å². The van der Waals surface area contributed by atoms with Crippen LogP contribution in [0.3, 0.4) is 0 Å². The summed E-state index contributed by atoms with van der Waals surface area (Å²) in [6.07, 6.45) is 1.30. The molecule has 178 valence electrons. The first-order valence-electron chi connectivity index (χ1n) is 10.8. The molecule has 0 atom stereocenters. The van der Waals surface area contributed by atoms with Crippen molar-refractivity contribution in [1.29, 1.82) is 0 Å². The molecular weight excluding hydrogens is 460 g/mol. The molecular formula is C28H20N2O6. The van der Waals surface area contributed by atoms with Crippen molar-refractivity contribution >= 4 is 24.1 Å². The highest BCUT2D eigenvalue weighted by Crippen LogP contribution is 2.26. The fourth-order valence-electron chi connectivity index (χ4n) is 3.08. The lowest BCUT2D eigenvalue weighted by Gasteiger charge is -2.10. The van der Waals surface area contributed by atoms with Crippen molar-refractivity contribution in [2.75, 3.05) is 0 Å². The van der Waals surface area contributed by atoms with Crippen LogP contribution in [-0.4, -0.2) is 29.2 Å². The summed E-state index contributed by atoms with van der Waals surface area (Å²) in [4.78, 5) is 37.3. The molecule has 0 aliphatic heterocycles. The van der Waals surface area contributed by atoms with Gasteiger partial charge in [0.1, 0.15) is 17.2 Å². The first kappa shape index (κ1) is 23.9. The molecule has 4 rings (SSSR count). The number of ether oxygens (including phenoxy) is 2. The third-order valence-corrected chi connectivity index (χ3v) is 4.92. The molecule has 0 radical (unpaired) electrons. The van der Waals surface area contributed by atoms with E-state index in [1.54, 1.807) is 60.7 Å². The summed E-state index contributed by atoms with van der Waals surface area (Å²) in [5, 5.41) is 13.3. The molecule has 2 N–H and O–H groups in total. The predicted octanol–water partition coefficient (Wildman–Crippen LogP) is 4.59. The second kappa shape index (κ2) is 11.3. The molecule has 0 aliphatic rings. The van der Waals surface area contributed by atoms with Crippen LogP contribution in [0, 0.1) is 0 Å². The Morgan fingerprint density at radius 3 is 1.89 bits per heavy atom. The van der Waals surface area contributed by atoms with Crippen LogP contribution in [0.2, 0.25) is 0 Å². The van der Waals surface area contributed by atoms with Crippen molar-refractivity contribution in [3.05, 3.63) is 125 Å². The summed E-state index contributed by atoms with van der Waals surface area (Å²) in [6, 6.07) is 27.0. The van der Waals surface area contributed by atoms with Gasteiger partial charge in [0.2, 0.25) is 0 Å². The zero-order chi connectivity index (χ0) is 25.3. The maximum Gasteiger partial charge on any atom is 0.343 e. The summed E-state index contributed by atoms with van der Waals surface area (Å²) < 4.78 is 11.0. The van der Waals surface area contributed by atoms with Crippen molar-refractivity contribution in [3.8, 4) is 17.2 Å². The highest BCUT2D eigenvalue weighted by molar-refractivity contribution is 5.96. The average Bonchev–Trinajstić information content (AvgIpc) is 2.91. The molecule has 0 spiro atoms. The van der Waals surface area contributed by atoms with Gasteiger partial charge in [-0.1, -0.05) is 36.4 Å². The van der Waals surface area contributed by atoms with Crippen molar-refractivity contribution in [2.45, 2.75) is 0 Å². The van der Waals surface area contributed by atoms with Crippen LogP contribution >= 0.6 is 0 Å². The minimum Gasteiger partial charge on any atom is -0.508 e. The number of nitrogens with zero attached hydrogens (tertiary/aromatic N) is 1. The van der Waals surface area contributed by atoms with E-state index < -0.39 is 17.8 Å². The van der Waals surface area contributed by atoms with Gasteiger partial charge in [-0.25, -0.2) is 15.0 Å². The number of nitrogens with one attached hydrogen (secondary N) is 1. The quantitative estimate of drug-likeness (QED) is 0.173. The topological polar surface area (TPSA) is 114 Å². The molecule has 0 bridgehead atoms. The number of aromatic hydroxyl groups is 1. The maximum absolute atomic E-state index is 12.7. The van der Waals surface area contributed by atoms with Gasteiger partial charge in [-0.2, -0.15) is 5.10 Å². The lowest BCUT2D eigenvalue weighted by atomic mass is 10.2. The number of benzene rings is 4. The number of rotatable bonds is 7. The monoisotopic (exact) mass is 480 g/mol. The third kappa shape index (κ3) is 6.21. The molecule has 0 aromatic heterocycles. The molecule has 0 heterocycles. The van der Waals surface area contributed by atoms with Crippen LogP contribution in [0.15, 0.2) is 108 Å². The Labute approximate surface area is 206 Å². The van der Waals surface area contributed by atoms with Gasteiger partial charge in [0.05, 0.1) is 17.3 Å². The second-order valence-electron chi connectivity index (χ2n) is 7.46. The van der Waals surface area contributed by atoms with Crippen molar-refractivity contribution < 1.29 is 29.0 Å². The van der Waals surface area contributed by atoms with Gasteiger partial charge >= 0.3 is 11.9 Å². The first-order chi connectivity index (χ1) is 17.5. The largest absolute Gasteiger partial charge is 0.508 e. The second-order valence-corrected chi connectivity index (χ2v) is 7.46. The number of phenols is 1. The van der Waals surface area contributed by atoms with Gasteiger partial charge < -0.3 is 14.6 Å². The van der Waals surface area contributed by atoms with E-state index in [0.29, 0.717) is 22.3 Å². The van der Waals surface area contributed by atoms with Gasteiger partial charge in [0.15, 0.2) is 0 Å². The minimum atomic E-state index is -0.620. The Hall–Kier alpha value is -5.24. The summed E-state index contributed by atoms with van der Waals surface area (Å²) in [7, 11) is 0. The summed E-state index contributed by atoms with van der Waals surface area (Å²) in [5.74, 6) is -1.42. The van der Waals surface area contributed by atoms with E-state index in [1.165, 1.54) is 48.7 Å². The first-order valence-corrected chi connectivity index (χ1v) is 10.8. The Balaban J connectivity index is 1.55. The third-order valence-electron chi connectivity index (χ3n) is 4.92. The zero-order valence-electron chi connectivity index (χ0n) is 18.8. The molecule has 8 nitrogen and oxygen atoms in total. The van der Waals surface area contributed by atoms with Crippen LogP contribution in [0.25, 0.3) is 0 Å². The number of hydrogen-bond acceptors (Lipinski definition) is 7. The maximum atomic E-state index is 12.7. The van der Waals surface area contributed by atoms with Crippen LogP contribution in [-0.2, 0) is 0 Å². The van der Waals surface area contributed by atoms with Gasteiger partial charge in [0.25, 0.3) is 5.91 Å². The Morgan fingerprint density at radius 2 is 1.28 bits per heavy atom. The number of phenolic OH excluding ortho intramolecular Hbond substituents is 1. The summed E-state index contributed by atoms with van der Waals surface area (Å²) in [6.45, 7) is 0. The number of amides is 1. The SMILES string of the molecule is O=C(NN=Cc1ccc(OC(=O)c2ccccc2)cc1OC(=O)c1ccccc1)c1ccc(O)cc1. The molecule has 8 heteroatoms. The van der Waals surface area contributed by atoms with E-state index in [9.17, 15) is 19.5 Å². The fraction of sp³-hybridized carbons (Fsp3) is 0. The lowest BCUT2D eigenvalue weighted by molar-refractivity contribution is 0.0732. The molecule has 0 aliphatic carbocycles. The van der Waals surface area contributed by atoms with E-state index >= 15 is 0 Å². The fourth-order valence-corrected chi connectivity index (χ4v) is 3.08. The lowest BCUT2D eigenvalue weighted by Crippen LogP contribution is -2.17. The molecule has 4 aromatic carbocycles. The smallest absolute Gasteiger partial charge is 0.343 e. The van der Waals surface area contributed by atoms with E-state index in [0.717, 1.165) is 0 Å². The molecule has 0 saturated carbocycles. The molecule has 4 aromatic rings. The highest BCUT2D eigenvalue weighted by Gasteiger charge is 2.15. The summed E-state index contributed by atoms with van der Waals surface area (Å²) in [5.41, 5.74) is 3.71. The van der Waals surface area contributed by atoms with Crippen LogP contribution in [0.4, 0.5) is 0 Å². The van der Waals surface area contributed by atoms with E-state index in [-0.39, 0.29) is 17.2 Å². The normalized spacial score (nSPS) is 10.6. The van der Waals surface area contributed by atoms with Gasteiger partial charge in [-0.3, -0.25) is 4.79 Å². The summed E-state index contributed by atoms with van der Waals surface area (Å²) >= 11 is 0. The van der Waals surface area contributed by atoms with E-state index in [2.05, 4.69) is 10.5 Å². The number of hydrogen-bond donors (Lipinski definition) is 2. The van der Waals surface area contributed by atoms with Gasteiger partial charge in [-0.05, 0) is 60.7 Å². The van der Waals surface area contributed by atoms with Gasteiger partial charge in [0, 0.05) is 17.2 Å². The van der Waals surface area contributed by atoms with Gasteiger partial charge in [-0.15, -0.1) is 0 Å². The highest BCUT2D eigenvalue weighted by atomic mass is 16.5. The Bertz CT molecular complexity index is 1400. The Kier molecular flexibility index (Phi) is 7.47. The average molecular weight is 480 g/mol. The number of esters is 2. The van der Waals surface area contributed by atoms with Crippen molar-refractivity contribution in [2.24, 2.45) is 5.10 Å². The predicted molar refractivity (Wildman–Crippen MR) is 132 cm³/mol. The van der Waals surface area contributed by atoms with Crippen molar-refractivity contribution in [1.82, 2.24) is 5.43 Å². The molecule has 36 heavy (non-hydrogen) atoms. The van der Waals surface area contributed by atoms with Crippen LogP contribution in [0.5, 0.6) is 17.2 Å². The molecule has 0 unspecified atom stereocenters. The van der Waals surface area contributed by atoms with Crippen LogP contribution < -0.4 is 14.9 Å². The number of carbonyl (C=O) groups is 3. The Morgan fingerprint density at radius 1 is 0.694 bits per heavy atom. The zero-order valence-corrected chi connectivity index (χ0v) is 18.8. The van der Waals surface area contributed by atoms with E-state index in [1.807, 2.05) is 0 Å². The standard InChI is InChI=1S/C28H20N2O6/c31-23-14-11-19(12-15-23)26(32)30-29-18-22-13-16-24(35-27(33)20-7-3-1-4-8-20)17-25(22)36-28(34)21-9-5-2-6-10-21/h1-18,31H,(H,30,32). The number of hydrazone groups is 1. The van der Waals surface area contributed by atoms with Crippen LogP contribution in [0.1, 0.15) is 36.6 Å². The molecule has 0 saturated heterocycles.